The van der Waals surface area contributed by atoms with E-state index in [9.17, 15) is 0 Å². The van der Waals surface area contributed by atoms with Crippen molar-refractivity contribution in [2.75, 3.05) is 0 Å². The van der Waals surface area contributed by atoms with Crippen molar-refractivity contribution in [1.82, 2.24) is 19.9 Å². The van der Waals surface area contributed by atoms with Crippen molar-refractivity contribution in [1.29, 1.82) is 0 Å². The minimum absolute atomic E-state index is 0. The quantitative estimate of drug-likeness (QED) is 0.165. The summed E-state index contributed by atoms with van der Waals surface area (Å²) < 4.78 is 12.5. The largest absolute Gasteiger partial charge is 0.498 e. The monoisotopic (exact) mass is 739 g/mol. The molecule has 5 aromatic heterocycles. The molecular formula is C36H26IrN4O2-2. The molecule has 7 heteroatoms. The van der Waals surface area contributed by atoms with E-state index < -0.39 is 0 Å². The van der Waals surface area contributed by atoms with Crippen molar-refractivity contribution in [2.24, 2.45) is 0 Å². The van der Waals surface area contributed by atoms with Gasteiger partial charge in [-0.3, -0.25) is 0 Å². The Morgan fingerprint density at radius 2 is 1.35 bits per heavy atom. The van der Waals surface area contributed by atoms with Gasteiger partial charge in [-0.15, -0.1) is 54.1 Å². The Bertz CT molecular complexity index is 2130. The van der Waals surface area contributed by atoms with Crippen molar-refractivity contribution in [3.63, 3.8) is 0 Å². The van der Waals surface area contributed by atoms with Gasteiger partial charge in [-0.2, -0.15) is 0 Å². The summed E-state index contributed by atoms with van der Waals surface area (Å²) in [5.74, 6) is 0.698. The predicted molar refractivity (Wildman–Crippen MR) is 166 cm³/mol. The summed E-state index contributed by atoms with van der Waals surface area (Å²) in [6.07, 6.45) is 5.32. The Hall–Kier alpha value is -4.71. The Morgan fingerprint density at radius 1 is 0.628 bits per heavy atom. The first-order chi connectivity index (χ1) is 20.5. The molecule has 0 atom stereocenters. The second-order valence-corrected chi connectivity index (χ2v) is 11.0. The van der Waals surface area contributed by atoms with Gasteiger partial charge in [-0.05, 0) is 29.6 Å². The van der Waals surface area contributed by atoms with E-state index in [1.165, 1.54) is 0 Å². The molecule has 213 valence electrons. The van der Waals surface area contributed by atoms with Gasteiger partial charge >= 0.3 is 0 Å². The zero-order valence-corrected chi connectivity index (χ0v) is 26.1. The average Bonchev–Trinajstić information content (AvgIpc) is 3.65. The van der Waals surface area contributed by atoms with Gasteiger partial charge in [0.25, 0.3) is 0 Å². The summed E-state index contributed by atoms with van der Waals surface area (Å²) in [6.45, 7) is 6.25. The molecule has 5 heterocycles. The minimum atomic E-state index is -0.178. The third kappa shape index (κ3) is 5.34. The van der Waals surface area contributed by atoms with Crippen LogP contribution in [0.4, 0.5) is 0 Å². The van der Waals surface area contributed by atoms with Crippen molar-refractivity contribution in [2.45, 2.75) is 26.2 Å². The third-order valence-electron chi connectivity index (χ3n) is 7.00. The molecule has 0 aliphatic rings. The maximum atomic E-state index is 6.38. The van der Waals surface area contributed by atoms with Crippen LogP contribution in [0.25, 0.3) is 66.5 Å². The summed E-state index contributed by atoms with van der Waals surface area (Å²) in [7, 11) is 0. The van der Waals surface area contributed by atoms with Gasteiger partial charge in [0.1, 0.15) is 16.6 Å². The van der Waals surface area contributed by atoms with Crippen LogP contribution in [0.3, 0.4) is 0 Å². The van der Waals surface area contributed by atoms with Crippen molar-refractivity contribution in [3.05, 3.63) is 122 Å². The summed E-state index contributed by atoms with van der Waals surface area (Å²) in [5.41, 5.74) is 7.25. The molecule has 0 aliphatic carbocycles. The van der Waals surface area contributed by atoms with E-state index in [-0.39, 0.29) is 25.5 Å². The zero-order valence-electron chi connectivity index (χ0n) is 23.8. The van der Waals surface area contributed by atoms with Crippen molar-refractivity contribution < 1.29 is 28.9 Å². The molecule has 0 spiro atoms. The fourth-order valence-corrected chi connectivity index (χ4v) is 4.94. The zero-order chi connectivity index (χ0) is 28.7. The molecule has 0 amide bonds. The van der Waals surface area contributed by atoms with E-state index in [1.54, 1.807) is 18.6 Å². The third-order valence-corrected chi connectivity index (χ3v) is 7.00. The van der Waals surface area contributed by atoms with Gasteiger partial charge in [-0.25, -0.2) is 9.97 Å². The van der Waals surface area contributed by atoms with E-state index in [1.807, 2.05) is 78.9 Å². The molecule has 8 rings (SSSR count). The number of hydrogen-bond acceptors (Lipinski definition) is 6. The molecule has 6 nitrogen and oxygen atoms in total. The second kappa shape index (κ2) is 11.5. The van der Waals surface area contributed by atoms with Gasteiger partial charge in [0.15, 0.2) is 5.58 Å². The normalized spacial score (nSPS) is 11.4. The molecule has 0 saturated carbocycles. The fraction of sp³-hybridized carbons (Fsp3) is 0.111. The van der Waals surface area contributed by atoms with Gasteiger partial charge in [0.05, 0.1) is 11.8 Å². The number of hydrogen-bond donors (Lipinski definition) is 0. The maximum Gasteiger partial charge on any atom is 0.200 e. The molecule has 3 aromatic carbocycles. The number of aromatic nitrogens is 4. The van der Waals surface area contributed by atoms with Crippen LogP contribution in [0.5, 0.6) is 0 Å². The van der Waals surface area contributed by atoms with Crippen LogP contribution in [-0.4, -0.2) is 19.9 Å². The Labute approximate surface area is 262 Å². The number of pyridine rings is 3. The van der Waals surface area contributed by atoms with Gasteiger partial charge in [-0.1, -0.05) is 62.1 Å². The molecule has 0 N–H and O–H groups in total. The first-order valence-corrected chi connectivity index (χ1v) is 13.7. The smallest absolute Gasteiger partial charge is 0.200 e. The Morgan fingerprint density at radius 3 is 2.05 bits per heavy atom. The van der Waals surface area contributed by atoms with Crippen LogP contribution in [0.15, 0.2) is 112 Å². The van der Waals surface area contributed by atoms with E-state index in [2.05, 4.69) is 58.9 Å². The maximum absolute atomic E-state index is 6.38. The van der Waals surface area contributed by atoms with Crippen molar-refractivity contribution >= 4 is 43.9 Å². The van der Waals surface area contributed by atoms with Crippen LogP contribution in [0.2, 0.25) is 0 Å². The van der Waals surface area contributed by atoms with Crippen LogP contribution in [0.1, 0.15) is 26.7 Å². The Balaban J connectivity index is 0.000000213. The average molecular weight is 739 g/mol. The molecule has 1 radical (unpaired) electrons. The van der Waals surface area contributed by atoms with Crippen LogP contribution < -0.4 is 0 Å². The van der Waals surface area contributed by atoms with Crippen LogP contribution in [0, 0.1) is 12.1 Å². The second-order valence-electron chi connectivity index (χ2n) is 11.0. The van der Waals surface area contributed by atoms with E-state index in [0.29, 0.717) is 5.89 Å². The molecule has 0 fully saturated rings. The predicted octanol–water partition coefficient (Wildman–Crippen LogP) is 8.98. The number of oxazole rings is 1. The Kier molecular flexibility index (Phi) is 7.61. The van der Waals surface area contributed by atoms with Crippen LogP contribution in [-0.2, 0) is 25.5 Å². The number of furan rings is 1. The number of rotatable bonds is 2. The molecule has 0 bridgehead atoms. The van der Waals surface area contributed by atoms with Gasteiger partial charge < -0.3 is 18.8 Å². The van der Waals surface area contributed by atoms with Crippen LogP contribution >= 0.6 is 0 Å². The number of nitrogens with zero attached hydrogens (tertiary/aromatic N) is 4. The van der Waals surface area contributed by atoms with E-state index in [4.69, 9.17) is 8.83 Å². The molecule has 43 heavy (non-hydrogen) atoms. The minimum Gasteiger partial charge on any atom is -0.498 e. The number of fused-ring (bicyclic) bond motifs is 7. The van der Waals surface area contributed by atoms with E-state index in [0.717, 1.165) is 66.5 Å². The topological polar surface area (TPSA) is 77.8 Å². The summed E-state index contributed by atoms with van der Waals surface area (Å²) in [5, 5.41) is 2.91. The SMILES string of the molecule is CC(C)(C)c1nc2cnc3c(ccc4c5cc[c-]c(-c6ccccn6)c5oc43)c2o1.[Ir].[c-]1ccccc1-c1ccccn1. The standard InChI is InChI=1S/C25H18N3O2.C11H8N.Ir/c1-25(2,3)24-28-19-13-27-20-17(22(19)30-24)11-10-15-14-7-6-8-16(21(14)29-23(15)20)18-9-4-5-12-26-18;1-2-6-10(7-3-1)11-8-4-5-9-12-11;/h4-7,9-13H,1-3H3;1-6,8-9H;/q2*-1;. The molecule has 0 unspecified atom stereocenters. The molecule has 8 aromatic rings. The van der Waals surface area contributed by atoms with Crippen molar-refractivity contribution in [3.8, 4) is 22.5 Å². The summed E-state index contributed by atoms with van der Waals surface area (Å²) >= 11 is 0. The van der Waals surface area contributed by atoms with Gasteiger partial charge in [0, 0.05) is 48.7 Å². The molecule has 0 aliphatic heterocycles. The van der Waals surface area contributed by atoms with E-state index >= 15 is 0 Å². The first kappa shape index (κ1) is 28.4. The fourth-order valence-electron chi connectivity index (χ4n) is 4.94. The number of benzene rings is 3. The molecular weight excluding hydrogens is 713 g/mol. The summed E-state index contributed by atoms with van der Waals surface area (Å²) in [6, 6.07) is 33.9. The van der Waals surface area contributed by atoms with Gasteiger partial charge in [0.2, 0.25) is 5.89 Å². The summed E-state index contributed by atoms with van der Waals surface area (Å²) in [4.78, 5) is 18.0. The molecule has 0 saturated heterocycles. The first-order valence-electron chi connectivity index (χ1n) is 13.7.